The third-order valence-electron chi connectivity index (χ3n) is 5.65. The van der Waals surface area contributed by atoms with Crippen molar-refractivity contribution in [1.29, 1.82) is 0 Å². The van der Waals surface area contributed by atoms with Crippen molar-refractivity contribution >= 4 is 5.97 Å². The van der Waals surface area contributed by atoms with Gasteiger partial charge >= 0.3 is 5.97 Å². The van der Waals surface area contributed by atoms with Gasteiger partial charge in [0.25, 0.3) is 0 Å². The van der Waals surface area contributed by atoms with E-state index in [1.165, 1.54) is 19.2 Å². The van der Waals surface area contributed by atoms with E-state index in [9.17, 15) is 18.7 Å². The van der Waals surface area contributed by atoms with Crippen LogP contribution in [0.1, 0.15) is 50.5 Å². The molecule has 0 spiro atoms. The minimum Gasteiger partial charge on any atom is -0.469 e. The van der Waals surface area contributed by atoms with Crippen molar-refractivity contribution in [2.45, 2.75) is 51.2 Å². The first kappa shape index (κ1) is 20.7. The van der Waals surface area contributed by atoms with Crippen LogP contribution < -0.4 is 11.3 Å². The van der Waals surface area contributed by atoms with E-state index in [2.05, 4.69) is 12.3 Å². The molecule has 1 fully saturated rings. The molecule has 0 aliphatic heterocycles. The molecular weight excluding hydrogens is 342 g/mol. The van der Waals surface area contributed by atoms with Crippen LogP contribution in [0.15, 0.2) is 18.2 Å². The maximum absolute atomic E-state index is 14.4. The number of rotatable bonds is 7. The average Bonchev–Trinajstić information content (AvgIpc) is 2.64. The van der Waals surface area contributed by atoms with Crippen LogP contribution in [-0.4, -0.2) is 24.4 Å². The van der Waals surface area contributed by atoms with E-state index in [-0.39, 0.29) is 23.7 Å². The number of aliphatic hydroxyl groups is 1. The quantitative estimate of drug-likeness (QED) is 0.297. The van der Waals surface area contributed by atoms with Gasteiger partial charge in [0.2, 0.25) is 0 Å². The van der Waals surface area contributed by atoms with Crippen LogP contribution in [-0.2, 0) is 9.53 Å². The second-order valence-corrected chi connectivity index (χ2v) is 7.21. The Labute approximate surface area is 152 Å². The lowest BCUT2D eigenvalue weighted by Crippen LogP contribution is -2.36. The predicted molar refractivity (Wildman–Crippen MR) is 93.7 cm³/mol. The number of hydrogen-bond donors (Lipinski definition) is 3. The van der Waals surface area contributed by atoms with Gasteiger partial charge in [0.05, 0.1) is 13.0 Å². The van der Waals surface area contributed by atoms with Crippen molar-refractivity contribution in [3.05, 3.63) is 35.4 Å². The van der Waals surface area contributed by atoms with Crippen molar-refractivity contribution in [3.8, 4) is 0 Å². The molecule has 4 N–H and O–H groups in total. The van der Waals surface area contributed by atoms with Gasteiger partial charge < -0.3 is 9.84 Å². The second-order valence-electron chi connectivity index (χ2n) is 7.21. The fraction of sp³-hybridized carbons (Fsp3) is 0.632. The van der Waals surface area contributed by atoms with Gasteiger partial charge in [-0.05, 0) is 55.6 Å². The molecule has 0 saturated heterocycles. The van der Waals surface area contributed by atoms with Crippen LogP contribution in [0.5, 0.6) is 0 Å². The predicted octanol–water partition coefficient (Wildman–Crippen LogP) is 2.84. The molecule has 1 saturated carbocycles. The molecule has 1 aliphatic carbocycles. The third-order valence-corrected chi connectivity index (χ3v) is 5.65. The van der Waals surface area contributed by atoms with Gasteiger partial charge in [-0.2, -0.15) is 0 Å². The van der Waals surface area contributed by atoms with E-state index in [1.54, 1.807) is 0 Å². The normalized spacial score (nSPS) is 25.5. The van der Waals surface area contributed by atoms with Gasteiger partial charge in [-0.3, -0.25) is 10.6 Å². The van der Waals surface area contributed by atoms with Crippen LogP contribution >= 0.6 is 0 Å². The summed E-state index contributed by atoms with van der Waals surface area (Å²) >= 11 is 0. The monoisotopic (exact) mass is 370 g/mol. The summed E-state index contributed by atoms with van der Waals surface area (Å²) in [5.74, 6) is 3.37. The highest BCUT2D eigenvalue weighted by atomic mass is 19.1. The summed E-state index contributed by atoms with van der Waals surface area (Å²) in [4.78, 5) is 12.2. The second kappa shape index (κ2) is 9.39. The van der Waals surface area contributed by atoms with Gasteiger partial charge in [0.1, 0.15) is 17.9 Å². The molecule has 146 valence electrons. The van der Waals surface area contributed by atoms with E-state index >= 15 is 0 Å². The molecule has 1 aromatic rings. The minimum atomic E-state index is -0.755. The summed E-state index contributed by atoms with van der Waals surface area (Å²) in [6.45, 7) is 2.09. The summed E-state index contributed by atoms with van der Waals surface area (Å²) in [5, 5.41) is 9.56. The molecule has 5 atom stereocenters. The van der Waals surface area contributed by atoms with Crippen molar-refractivity contribution in [1.82, 2.24) is 5.43 Å². The lowest BCUT2D eigenvalue weighted by Gasteiger charge is -2.38. The van der Waals surface area contributed by atoms with E-state index in [4.69, 9.17) is 10.6 Å². The van der Waals surface area contributed by atoms with Crippen LogP contribution in [0.25, 0.3) is 0 Å². The zero-order chi connectivity index (χ0) is 19.3. The Morgan fingerprint density at radius 3 is 2.73 bits per heavy atom. The number of halogens is 2. The van der Waals surface area contributed by atoms with Crippen molar-refractivity contribution < 1.29 is 23.4 Å². The van der Waals surface area contributed by atoms with Crippen LogP contribution in [0.3, 0.4) is 0 Å². The highest BCUT2D eigenvalue weighted by Gasteiger charge is 2.39. The van der Waals surface area contributed by atoms with Gasteiger partial charge in [-0.15, -0.1) is 0 Å². The number of hydrogen-bond acceptors (Lipinski definition) is 5. The molecule has 0 amide bonds. The molecular formula is C19H28F2N2O3. The first-order valence-corrected chi connectivity index (χ1v) is 9.04. The number of benzene rings is 1. The Bertz CT molecular complexity index is 614. The molecule has 0 radical (unpaired) electrons. The molecule has 0 heterocycles. The van der Waals surface area contributed by atoms with E-state index in [0.29, 0.717) is 24.8 Å². The van der Waals surface area contributed by atoms with Crippen LogP contribution in [0, 0.1) is 29.4 Å². The molecule has 1 aromatic carbocycles. The van der Waals surface area contributed by atoms with E-state index in [1.807, 2.05) is 0 Å². The van der Waals surface area contributed by atoms with Gasteiger partial charge in [-0.25, -0.2) is 14.2 Å². The lowest BCUT2D eigenvalue weighted by molar-refractivity contribution is -0.147. The number of nitrogens with one attached hydrogen (secondary N) is 1. The van der Waals surface area contributed by atoms with Crippen molar-refractivity contribution in [3.63, 3.8) is 0 Å². The zero-order valence-electron chi connectivity index (χ0n) is 15.3. The highest BCUT2D eigenvalue weighted by molar-refractivity contribution is 5.73. The summed E-state index contributed by atoms with van der Waals surface area (Å²) < 4.78 is 32.5. The molecule has 3 unspecified atom stereocenters. The molecule has 0 aromatic heterocycles. The Morgan fingerprint density at radius 2 is 2.12 bits per heavy atom. The largest absolute Gasteiger partial charge is 0.469 e. The molecule has 2 rings (SSSR count). The summed E-state index contributed by atoms with van der Waals surface area (Å²) in [6.07, 6.45) is 2.57. The first-order valence-electron chi connectivity index (χ1n) is 9.04. The van der Waals surface area contributed by atoms with Gasteiger partial charge in [0, 0.05) is 12.0 Å². The highest BCUT2D eigenvalue weighted by Crippen LogP contribution is 2.45. The Kier molecular flexibility index (Phi) is 7.49. The fourth-order valence-corrected chi connectivity index (χ4v) is 4.04. The average molecular weight is 370 g/mol. The van der Waals surface area contributed by atoms with E-state index < -0.39 is 23.8 Å². The molecule has 0 bridgehead atoms. The zero-order valence-corrected chi connectivity index (χ0v) is 15.3. The number of hydrazine groups is 1. The van der Waals surface area contributed by atoms with Gasteiger partial charge in [-0.1, -0.05) is 13.0 Å². The standard InChI is InChI=1S/C19H28F2N2O3/c1-11(3-8-18(24)23-22)12-4-6-15(19(25)26-2)16(9-12)14-7-5-13(20)10-17(14)21/h5,7,10-12,15-16,18,23-24H,3-4,6,8-9,22H2,1-2H3/t11-,12?,15?,16+,18?/m1/s1. The molecule has 26 heavy (non-hydrogen) atoms. The fourth-order valence-electron chi connectivity index (χ4n) is 4.04. The number of esters is 1. The molecule has 1 aliphatic rings. The number of aliphatic hydroxyl groups excluding tert-OH is 1. The smallest absolute Gasteiger partial charge is 0.309 e. The van der Waals surface area contributed by atoms with Crippen LogP contribution in [0.4, 0.5) is 8.78 Å². The van der Waals surface area contributed by atoms with E-state index in [0.717, 1.165) is 18.9 Å². The summed E-state index contributed by atoms with van der Waals surface area (Å²) in [6, 6.07) is 3.52. The Balaban J connectivity index is 2.17. The van der Waals surface area contributed by atoms with Gasteiger partial charge in [0.15, 0.2) is 0 Å². The Morgan fingerprint density at radius 1 is 1.38 bits per heavy atom. The van der Waals surface area contributed by atoms with Crippen LogP contribution in [0.2, 0.25) is 0 Å². The maximum atomic E-state index is 14.4. The number of carbonyl (C=O) groups is 1. The molecule has 7 heteroatoms. The summed E-state index contributed by atoms with van der Waals surface area (Å²) in [5.41, 5.74) is 2.67. The summed E-state index contributed by atoms with van der Waals surface area (Å²) in [7, 11) is 1.33. The number of carbonyl (C=O) groups excluding carboxylic acids is 1. The SMILES string of the molecule is COC(=O)C1CCC([C@H](C)CCC(O)NN)C[C@H]1c1ccc(F)cc1F. The lowest BCUT2D eigenvalue weighted by atomic mass is 9.67. The number of ether oxygens (including phenoxy) is 1. The van der Waals surface area contributed by atoms with Crippen molar-refractivity contribution in [2.24, 2.45) is 23.6 Å². The topological polar surface area (TPSA) is 84.6 Å². The first-order chi connectivity index (χ1) is 12.4. The molecule has 5 nitrogen and oxygen atoms in total. The minimum absolute atomic E-state index is 0.273. The van der Waals surface area contributed by atoms with Crippen molar-refractivity contribution in [2.75, 3.05) is 7.11 Å². The maximum Gasteiger partial charge on any atom is 0.309 e. The Hall–Kier alpha value is -1.57. The number of methoxy groups -OCH3 is 1. The third kappa shape index (κ3) is 4.99. The number of nitrogens with two attached hydrogens (primary N) is 1.